The van der Waals surface area contributed by atoms with Gasteiger partial charge in [-0.25, -0.2) is 0 Å². The highest BCUT2D eigenvalue weighted by Gasteiger charge is 2.29. The topological polar surface area (TPSA) is 0 Å². The maximum Gasteiger partial charge on any atom is 0.0610 e. The van der Waals surface area contributed by atoms with Gasteiger partial charge in [0, 0.05) is 0 Å². The molecule has 0 radical (unpaired) electrons. The molecule has 0 saturated heterocycles. The first-order valence-corrected chi connectivity index (χ1v) is 15.4. The van der Waals surface area contributed by atoms with Crippen LogP contribution in [0.5, 0.6) is 0 Å². The first-order chi connectivity index (χ1) is 15.2. The van der Waals surface area contributed by atoms with E-state index in [2.05, 4.69) is 188 Å². The van der Waals surface area contributed by atoms with Gasteiger partial charge in [0.15, 0.2) is 0 Å². The molecule has 0 nitrogen and oxygen atoms in total. The molecule has 3 aromatic carbocycles. The average Bonchev–Trinajstić information content (AvgIpc) is 3.05. The number of halogens is 8. The molecule has 4 rings (SSSR count). The van der Waals surface area contributed by atoms with E-state index in [1.54, 1.807) is 0 Å². The predicted molar refractivity (Wildman–Crippen MR) is 172 cm³/mol. The van der Waals surface area contributed by atoms with Crippen molar-refractivity contribution in [2.24, 2.45) is 0 Å². The first-order valence-electron chi connectivity index (χ1n) is 9.05. The van der Waals surface area contributed by atoms with Gasteiger partial charge in [-0.2, -0.15) is 0 Å². The zero-order valence-electron chi connectivity index (χ0n) is 15.8. The molecule has 0 amide bonds. The highest BCUT2D eigenvalue weighted by Crippen LogP contribution is 2.55. The third-order valence-corrected chi connectivity index (χ3v) is 6.91. The Morgan fingerprint density at radius 3 is 1.00 bits per heavy atom. The van der Waals surface area contributed by atoms with Crippen molar-refractivity contribution in [2.75, 3.05) is 0 Å². The van der Waals surface area contributed by atoms with Crippen molar-refractivity contribution in [3.63, 3.8) is 0 Å². The molecule has 0 saturated carbocycles. The van der Waals surface area contributed by atoms with Crippen LogP contribution in [0.2, 0.25) is 0 Å². The van der Waals surface area contributed by atoms with Gasteiger partial charge in [-0.1, -0.05) is 36.4 Å². The standard InChI is InChI=1S/C24H10Br8/c25-16(26)7-12-3-1-11-2-4-13(8-17(27)28)22-20(11)21(12)23-14(9-18(29)30)5-6-15(24(22)23)10-19(31)32/h1-10H. The quantitative estimate of drug-likeness (QED) is 0.191. The minimum atomic E-state index is 0.891. The van der Waals surface area contributed by atoms with Gasteiger partial charge in [0.05, 0.1) is 13.6 Å². The van der Waals surface area contributed by atoms with E-state index in [0.29, 0.717) is 0 Å². The molecule has 162 valence electrons. The summed E-state index contributed by atoms with van der Waals surface area (Å²) in [5, 5.41) is 2.45. The van der Waals surface area contributed by atoms with Crippen molar-refractivity contribution in [1.82, 2.24) is 0 Å². The number of hydrogen-bond acceptors (Lipinski definition) is 0. The molecule has 0 fully saturated rings. The molecule has 1 aliphatic rings. The van der Waals surface area contributed by atoms with E-state index in [1.165, 1.54) is 33.0 Å². The third kappa shape index (κ3) is 5.28. The van der Waals surface area contributed by atoms with E-state index in [4.69, 9.17) is 0 Å². The molecule has 0 aliphatic heterocycles. The van der Waals surface area contributed by atoms with Crippen LogP contribution in [-0.2, 0) is 0 Å². The van der Waals surface area contributed by atoms with Crippen LogP contribution in [-0.4, -0.2) is 0 Å². The van der Waals surface area contributed by atoms with Gasteiger partial charge in [-0.3, -0.25) is 0 Å². The molecule has 0 spiro atoms. The van der Waals surface area contributed by atoms with Crippen LogP contribution >= 0.6 is 127 Å². The number of benzene rings is 3. The summed E-state index contributed by atoms with van der Waals surface area (Å²) in [4.78, 5) is 0. The van der Waals surface area contributed by atoms with Crippen LogP contribution in [0.15, 0.2) is 50.0 Å². The highest BCUT2D eigenvalue weighted by atomic mass is 79.9. The molecule has 0 aromatic heterocycles. The van der Waals surface area contributed by atoms with E-state index >= 15 is 0 Å². The molecule has 3 aromatic rings. The molecule has 32 heavy (non-hydrogen) atoms. The van der Waals surface area contributed by atoms with Crippen LogP contribution < -0.4 is 0 Å². The molecule has 0 N–H and O–H groups in total. The fraction of sp³-hybridized carbons (Fsp3) is 0. The van der Waals surface area contributed by atoms with Gasteiger partial charge in [0.1, 0.15) is 0 Å². The van der Waals surface area contributed by atoms with Crippen molar-refractivity contribution in [2.45, 2.75) is 0 Å². The maximum absolute atomic E-state index is 3.56. The van der Waals surface area contributed by atoms with Crippen molar-refractivity contribution in [3.05, 3.63) is 72.2 Å². The van der Waals surface area contributed by atoms with Crippen molar-refractivity contribution < 1.29 is 0 Å². The Morgan fingerprint density at radius 1 is 0.406 bits per heavy atom. The molecular formula is C24H10Br8. The summed E-state index contributed by atoms with van der Waals surface area (Å²) < 4.78 is 3.57. The van der Waals surface area contributed by atoms with E-state index < -0.39 is 0 Å². The lowest BCUT2D eigenvalue weighted by Crippen LogP contribution is -1.90. The lowest BCUT2D eigenvalue weighted by atomic mass is 9.91. The summed E-state index contributed by atoms with van der Waals surface area (Å²) in [5.74, 6) is 0. The van der Waals surface area contributed by atoms with Gasteiger partial charge in [0.2, 0.25) is 0 Å². The summed E-state index contributed by atoms with van der Waals surface area (Å²) in [5.41, 5.74) is 9.38. The maximum atomic E-state index is 3.56. The van der Waals surface area contributed by atoms with Crippen LogP contribution in [0.3, 0.4) is 0 Å². The second kappa shape index (κ2) is 10.8. The normalized spacial score (nSPS) is 11.1. The van der Waals surface area contributed by atoms with Gasteiger partial charge < -0.3 is 0 Å². The summed E-state index contributed by atoms with van der Waals surface area (Å²) in [7, 11) is 0. The SMILES string of the molecule is BrC(Br)=Cc1ccc(C=C(Br)Br)c2c1-c1c(C=C(Br)Br)ccc3ccc(C=C(Br)Br)c-2c13. The van der Waals surface area contributed by atoms with Gasteiger partial charge in [-0.05, 0) is 207 Å². The summed E-state index contributed by atoms with van der Waals surface area (Å²) >= 11 is 28.5. The van der Waals surface area contributed by atoms with Crippen molar-refractivity contribution in [1.29, 1.82) is 0 Å². The highest BCUT2D eigenvalue weighted by molar-refractivity contribution is 9.29. The number of fused-ring (bicyclic) bond motifs is 3. The van der Waals surface area contributed by atoms with E-state index in [-0.39, 0.29) is 0 Å². The minimum absolute atomic E-state index is 0.891. The second-order valence-corrected chi connectivity index (χ2v) is 18.0. The molecule has 8 heteroatoms. The number of rotatable bonds is 4. The largest absolute Gasteiger partial charge is 0.0610 e. The molecule has 0 bridgehead atoms. The van der Waals surface area contributed by atoms with Gasteiger partial charge in [-0.15, -0.1) is 0 Å². The van der Waals surface area contributed by atoms with Crippen molar-refractivity contribution >= 4 is 163 Å². The lowest BCUT2D eigenvalue weighted by Gasteiger charge is -2.13. The fourth-order valence-corrected chi connectivity index (χ4v) is 6.09. The van der Waals surface area contributed by atoms with Crippen LogP contribution in [0, 0.1) is 0 Å². The van der Waals surface area contributed by atoms with Crippen LogP contribution in [0.1, 0.15) is 22.3 Å². The summed E-state index contributed by atoms with van der Waals surface area (Å²) in [6, 6.07) is 13.0. The molecule has 0 heterocycles. The van der Waals surface area contributed by atoms with E-state index in [0.717, 1.165) is 35.8 Å². The zero-order valence-corrected chi connectivity index (χ0v) is 28.5. The van der Waals surface area contributed by atoms with Crippen molar-refractivity contribution in [3.8, 4) is 22.3 Å². The smallest absolute Gasteiger partial charge is 0.0537 e. The average molecular weight is 938 g/mol. The predicted octanol–water partition coefficient (Wildman–Crippen LogP) is 12.8. The Morgan fingerprint density at radius 2 is 0.688 bits per heavy atom. The molecule has 1 aliphatic carbocycles. The summed E-state index contributed by atoms with van der Waals surface area (Å²) in [6.45, 7) is 0. The monoisotopic (exact) mass is 929 g/mol. The second-order valence-electron chi connectivity index (χ2n) is 6.89. The Bertz CT molecular complexity index is 1280. The first kappa shape index (κ1) is 25.8. The Hall–Kier alpha value is 0.720. The molecule has 0 unspecified atom stereocenters. The van der Waals surface area contributed by atoms with Gasteiger partial charge in [0.25, 0.3) is 0 Å². The fourth-order valence-electron chi connectivity index (χ4n) is 4.11. The Balaban J connectivity index is 2.30. The third-order valence-electron chi connectivity index (χ3n) is 5.08. The zero-order chi connectivity index (χ0) is 23.2. The van der Waals surface area contributed by atoms with Gasteiger partial charge >= 0.3 is 0 Å². The summed E-state index contributed by atoms with van der Waals surface area (Å²) in [6.07, 6.45) is 8.42. The minimum Gasteiger partial charge on any atom is -0.0537 e. The Labute approximate surface area is 253 Å². The molecular weight excluding hydrogens is 927 g/mol. The van der Waals surface area contributed by atoms with Crippen LogP contribution in [0.4, 0.5) is 0 Å². The molecule has 0 atom stereocenters. The Kier molecular flexibility index (Phi) is 8.68. The lowest BCUT2D eigenvalue weighted by molar-refractivity contribution is 1.61. The van der Waals surface area contributed by atoms with E-state index in [9.17, 15) is 0 Å². The van der Waals surface area contributed by atoms with Crippen LogP contribution in [0.25, 0.3) is 57.3 Å². The number of hydrogen-bond donors (Lipinski definition) is 0. The van der Waals surface area contributed by atoms with E-state index in [1.807, 2.05) is 0 Å².